The molecule has 4 rings (SSSR count). The number of anilines is 2. The van der Waals surface area contributed by atoms with Crippen molar-refractivity contribution in [2.45, 2.75) is 44.8 Å². The van der Waals surface area contributed by atoms with E-state index >= 15 is 0 Å². The number of nitrogens with zero attached hydrogens (tertiary/aromatic N) is 4. The number of carbonyl (C=O) groups excluding carboxylic acids is 1. The number of ether oxygens (including phenoxy) is 1. The Bertz CT molecular complexity index is 1520. The van der Waals surface area contributed by atoms with Gasteiger partial charge in [-0.05, 0) is 67.6 Å². The summed E-state index contributed by atoms with van der Waals surface area (Å²) < 4.78 is 46.9. The molecule has 0 amide bonds. The first kappa shape index (κ1) is 28.2. The van der Waals surface area contributed by atoms with Crippen LogP contribution < -0.4 is 10.6 Å². The summed E-state index contributed by atoms with van der Waals surface area (Å²) in [6.07, 6.45) is -1.33. The molecular formula is C27H25BrF3N5O3. The number of H-pyrrole nitrogens is 1. The van der Waals surface area contributed by atoms with Crippen LogP contribution in [0, 0.1) is 11.3 Å². The predicted octanol–water partition coefficient (Wildman–Crippen LogP) is 5.76. The highest BCUT2D eigenvalue weighted by molar-refractivity contribution is 9.09. The number of aromatic nitrogens is 3. The van der Waals surface area contributed by atoms with Gasteiger partial charge in [0.15, 0.2) is 0 Å². The van der Waals surface area contributed by atoms with E-state index in [9.17, 15) is 28.0 Å². The maximum absolute atomic E-state index is 13.5. The highest BCUT2D eigenvalue weighted by Gasteiger charge is 2.41. The quantitative estimate of drug-likeness (QED) is 0.199. The number of unbranched alkanes of at least 4 members (excludes halogenated alkanes) is 2. The molecule has 39 heavy (non-hydrogen) atoms. The maximum Gasteiger partial charge on any atom is 0.416 e. The first-order valence-electron chi connectivity index (χ1n) is 12.1. The SMILES string of the molecule is COC(=O)C1=C(C)N(c2cccc(C(F)(F)F)c2)c2n[nH]c(=O)n2C1c1ccc(C#N)cc1CCCCCBr. The summed E-state index contributed by atoms with van der Waals surface area (Å²) in [4.78, 5) is 27.7. The van der Waals surface area contributed by atoms with E-state index in [1.54, 1.807) is 25.1 Å². The number of hydrogen-bond donors (Lipinski definition) is 1. The minimum Gasteiger partial charge on any atom is -0.466 e. The van der Waals surface area contributed by atoms with Crippen LogP contribution in [0.3, 0.4) is 0 Å². The number of hydrogen-bond acceptors (Lipinski definition) is 6. The molecule has 0 saturated carbocycles. The Morgan fingerprint density at radius 2 is 1.97 bits per heavy atom. The van der Waals surface area contributed by atoms with E-state index in [-0.39, 0.29) is 22.9 Å². The Balaban J connectivity index is 1.95. The number of aryl methyl sites for hydroxylation is 1. The van der Waals surface area contributed by atoms with Gasteiger partial charge in [0.1, 0.15) is 6.04 Å². The van der Waals surface area contributed by atoms with Gasteiger partial charge < -0.3 is 4.74 Å². The highest BCUT2D eigenvalue weighted by Crippen LogP contribution is 2.43. The summed E-state index contributed by atoms with van der Waals surface area (Å²) in [6.45, 7) is 1.57. The van der Waals surface area contributed by atoms with Crippen LogP contribution in [0.15, 0.2) is 58.5 Å². The summed E-state index contributed by atoms with van der Waals surface area (Å²) in [5.74, 6) is -0.730. The van der Waals surface area contributed by atoms with E-state index in [1.165, 1.54) is 28.7 Å². The summed E-state index contributed by atoms with van der Waals surface area (Å²) in [5, 5.41) is 16.9. The minimum atomic E-state index is -4.60. The summed E-state index contributed by atoms with van der Waals surface area (Å²) in [6, 6.07) is 10.7. The third-order valence-electron chi connectivity index (χ3n) is 6.63. The number of aromatic amines is 1. The molecule has 2 aromatic carbocycles. The monoisotopic (exact) mass is 603 g/mol. The molecule has 12 heteroatoms. The fourth-order valence-electron chi connectivity index (χ4n) is 4.82. The van der Waals surface area contributed by atoms with Crippen molar-refractivity contribution >= 4 is 33.5 Å². The number of fused-ring (bicyclic) bond motifs is 1. The Hall–Kier alpha value is -3.85. The lowest BCUT2D eigenvalue weighted by molar-refractivity contribution is -0.138. The summed E-state index contributed by atoms with van der Waals surface area (Å²) in [5.41, 5.74) is 0.639. The molecule has 1 aliphatic rings. The number of methoxy groups -OCH3 is 1. The number of halogens is 4. The second kappa shape index (κ2) is 11.5. The molecule has 0 spiro atoms. The topological polar surface area (TPSA) is 104 Å². The number of nitriles is 1. The third kappa shape index (κ3) is 5.49. The predicted molar refractivity (Wildman–Crippen MR) is 142 cm³/mol. The Labute approximate surface area is 230 Å². The van der Waals surface area contributed by atoms with Gasteiger partial charge in [-0.25, -0.2) is 19.3 Å². The van der Waals surface area contributed by atoms with Crippen molar-refractivity contribution in [3.63, 3.8) is 0 Å². The van der Waals surface area contributed by atoms with Gasteiger partial charge in [0.2, 0.25) is 5.95 Å². The Kier molecular flexibility index (Phi) is 8.30. The number of benzene rings is 2. The number of allylic oxidation sites excluding steroid dienone is 1. The molecule has 8 nitrogen and oxygen atoms in total. The fraction of sp³-hybridized carbons (Fsp3) is 0.333. The van der Waals surface area contributed by atoms with Crippen molar-refractivity contribution in [2.24, 2.45) is 0 Å². The number of esters is 1. The first-order chi connectivity index (χ1) is 18.6. The fourth-order valence-corrected chi connectivity index (χ4v) is 5.22. The van der Waals surface area contributed by atoms with Crippen molar-refractivity contribution < 1.29 is 22.7 Å². The van der Waals surface area contributed by atoms with Crippen LogP contribution in [0.1, 0.15) is 54.5 Å². The van der Waals surface area contributed by atoms with Gasteiger partial charge in [-0.15, -0.1) is 5.10 Å². The van der Waals surface area contributed by atoms with Gasteiger partial charge in [0.25, 0.3) is 0 Å². The van der Waals surface area contributed by atoms with Crippen molar-refractivity contribution in [3.05, 3.63) is 86.5 Å². The molecule has 0 radical (unpaired) electrons. The molecule has 204 valence electrons. The van der Waals surface area contributed by atoms with Gasteiger partial charge in [0.05, 0.1) is 29.9 Å². The molecule has 2 heterocycles. The largest absolute Gasteiger partial charge is 0.466 e. The average molecular weight is 604 g/mol. The lowest BCUT2D eigenvalue weighted by Crippen LogP contribution is -2.38. The van der Waals surface area contributed by atoms with E-state index in [2.05, 4.69) is 32.2 Å². The van der Waals surface area contributed by atoms with Crippen LogP contribution >= 0.6 is 15.9 Å². The van der Waals surface area contributed by atoms with E-state index in [4.69, 9.17) is 4.74 Å². The summed E-state index contributed by atoms with van der Waals surface area (Å²) in [7, 11) is 1.20. The molecule has 1 N–H and O–H groups in total. The molecule has 1 unspecified atom stereocenters. The molecule has 3 aromatic rings. The van der Waals surface area contributed by atoms with E-state index in [0.717, 1.165) is 42.3 Å². The molecule has 1 aliphatic heterocycles. The van der Waals surface area contributed by atoms with Crippen molar-refractivity contribution in [1.82, 2.24) is 14.8 Å². The lowest BCUT2D eigenvalue weighted by Gasteiger charge is -2.36. The number of alkyl halides is 4. The number of rotatable bonds is 8. The first-order valence-corrected chi connectivity index (χ1v) is 13.3. The third-order valence-corrected chi connectivity index (χ3v) is 7.19. The number of nitrogens with one attached hydrogen (secondary N) is 1. The minimum absolute atomic E-state index is 0.0177. The molecule has 0 fully saturated rings. The second-order valence-corrected chi connectivity index (χ2v) is 9.79. The van der Waals surface area contributed by atoms with E-state index in [0.29, 0.717) is 17.5 Å². The zero-order valence-corrected chi connectivity index (χ0v) is 22.8. The van der Waals surface area contributed by atoms with E-state index in [1.807, 2.05) is 0 Å². The lowest BCUT2D eigenvalue weighted by atomic mass is 9.88. The van der Waals surface area contributed by atoms with Crippen LogP contribution in [-0.2, 0) is 22.1 Å². The summed E-state index contributed by atoms with van der Waals surface area (Å²) >= 11 is 3.42. The normalized spacial score (nSPS) is 15.2. The second-order valence-electron chi connectivity index (χ2n) is 9.00. The standard InChI is InChI=1S/C27H25BrF3N5O3/c1-16-22(24(37)39-2)23(21-11-10-17(15-32)13-18(21)7-4-3-5-12-28)36-25(33-34-26(36)38)35(16)20-9-6-8-19(14-20)27(29,30)31/h6,8-11,13-14,23H,3-5,7,12H2,1-2H3,(H,34,38). The van der Waals surface area contributed by atoms with Crippen LogP contribution in [0.5, 0.6) is 0 Å². The molecular weight excluding hydrogens is 579 g/mol. The van der Waals surface area contributed by atoms with Crippen LogP contribution in [0.2, 0.25) is 0 Å². The zero-order chi connectivity index (χ0) is 28.3. The smallest absolute Gasteiger partial charge is 0.416 e. The highest BCUT2D eigenvalue weighted by atomic mass is 79.9. The van der Waals surface area contributed by atoms with Crippen molar-refractivity contribution in [1.29, 1.82) is 5.26 Å². The van der Waals surface area contributed by atoms with Crippen LogP contribution in [0.25, 0.3) is 0 Å². The van der Waals surface area contributed by atoms with Gasteiger partial charge >= 0.3 is 17.8 Å². The zero-order valence-electron chi connectivity index (χ0n) is 21.2. The molecule has 0 saturated heterocycles. The molecule has 1 atom stereocenters. The molecule has 0 aliphatic carbocycles. The van der Waals surface area contributed by atoms with Crippen LogP contribution in [-0.4, -0.2) is 33.2 Å². The molecule has 1 aromatic heterocycles. The Morgan fingerprint density at radius 3 is 2.64 bits per heavy atom. The van der Waals surface area contributed by atoms with Crippen molar-refractivity contribution in [2.75, 3.05) is 17.3 Å². The van der Waals surface area contributed by atoms with Crippen molar-refractivity contribution in [3.8, 4) is 6.07 Å². The van der Waals surface area contributed by atoms with Gasteiger partial charge in [-0.2, -0.15) is 18.4 Å². The maximum atomic E-state index is 13.5. The van der Waals surface area contributed by atoms with Crippen LogP contribution in [0.4, 0.5) is 24.8 Å². The molecule has 0 bridgehead atoms. The van der Waals surface area contributed by atoms with Gasteiger partial charge in [-0.3, -0.25) is 4.90 Å². The average Bonchev–Trinajstić information content (AvgIpc) is 3.30. The van der Waals surface area contributed by atoms with E-state index < -0.39 is 29.4 Å². The van der Waals surface area contributed by atoms with Gasteiger partial charge in [0, 0.05) is 16.7 Å². The van der Waals surface area contributed by atoms with Gasteiger partial charge in [-0.1, -0.05) is 34.5 Å². The number of carbonyl (C=O) groups is 1. The Morgan fingerprint density at radius 1 is 1.21 bits per heavy atom.